The van der Waals surface area contributed by atoms with Crippen LogP contribution in [0.15, 0.2) is 48.5 Å². The Morgan fingerprint density at radius 3 is 2.33 bits per heavy atom. The standard InChI is InChI=1S/C24H27ClN2O3/c25-21-9-3-7-19(14-21)24(29)27-13-5-6-18(16-27)17-30-22-10-4-8-20(15-22)23(28)26-11-1-2-12-26/h3-4,7-10,14-15,18H,1-2,5-6,11-13,16-17H2/t18-/m1/s1. The molecule has 2 aromatic rings. The summed E-state index contributed by atoms with van der Waals surface area (Å²) in [7, 11) is 0. The zero-order valence-electron chi connectivity index (χ0n) is 17.1. The van der Waals surface area contributed by atoms with E-state index in [2.05, 4.69) is 0 Å². The van der Waals surface area contributed by atoms with E-state index in [-0.39, 0.29) is 17.7 Å². The molecule has 1 atom stereocenters. The molecule has 5 nitrogen and oxygen atoms in total. The lowest BCUT2D eigenvalue weighted by molar-refractivity contribution is 0.0632. The highest BCUT2D eigenvalue weighted by molar-refractivity contribution is 6.30. The number of carbonyl (C=O) groups is 2. The van der Waals surface area contributed by atoms with Crippen LogP contribution in [0.1, 0.15) is 46.4 Å². The van der Waals surface area contributed by atoms with Crippen LogP contribution in [-0.2, 0) is 0 Å². The number of halogens is 1. The molecule has 158 valence electrons. The molecule has 2 aromatic carbocycles. The third-order valence-corrected chi connectivity index (χ3v) is 6.07. The highest BCUT2D eigenvalue weighted by Gasteiger charge is 2.25. The molecule has 2 aliphatic heterocycles. The van der Waals surface area contributed by atoms with Crippen LogP contribution in [0.3, 0.4) is 0 Å². The topological polar surface area (TPSA) is 49.9 Å². The molecule has 2 amide bonds. The quantitative estimate of drug-likeness (QED) is 0.706. The van der Waals surface area contributed by atoms with Crippen LogP contribution in [0.5, 0.6) is 5.75 Å². The number of carbonyl (C=O) groups excluding carboxylic acids is 2. The van der Waals surface area contributed by atoms with Crippen molar-refractivity contribution in [3.8, 4) is 5.75 Å². The van der Waals surface area contributed by atoms with Gasteiger partial charge in [-0.3, -0.25) is 9.59 Å². The molecule has 0 N–H and O–H groups in total. The summed E-state index contributed by atoms with van der Waals surface area (Å²) in [6.45, 7) is 3.62. The van der Waals surface area contributed by atoms with E-state index in [1.54, 1.807) is 24.3 Å². The van der Waals surface area contributed by atoms with E-state index >= 15 is 0 Å². The number of likely N-dealkylation sites (tertiary alicyclic amines) is 2. The number of piperidine rings is 1. The molecule has 0 radical (unpaired) electrons. The van der Waals surface area contributed by atoms with Crippen molar-refractivity contribution < 1.29 is 14.3 Å². The Balaban J connectivity index is 1.34. The van der Waals surface area contributed by atoms with Crippen molar-refractivity contribution in [1.29, 1.82) is 0 Å². The number of nitrogens with zero attached hydrogens (tertiary/aromatic N) is 2. The van der Waals surface area contributed by atoms with Crippen molar-refractivity contribution in [1.82, 2.24) is 9.80 Å². The highest BCUT2D eigenvalue weighted by Crippen LogP contribution is 2.23. The molecule has 0 bridgehead atoms. The molecule has 2 saturated heterocycles. The molecule has 0 aliphatic carbocycles. The summed E-state index contributed by atoms with van der Waals surface area (Å²) in [6.07, 6.45) is 4.13. The van der Waals surface area contributed by atoms with Crippen molar-refractivity contribution in [3.63, 3.8) is 0 Å². The van der Waals surface area contributed by atoms with Crippen molar-refractivity contribution in [2.75, 3.05) is 32.8 Å². The Kier molecular flexibility index (Phi) is 6.58. The van der Waals surface area contributed by atoms with E-state index in [1.807, 2.05) is 34.1 Å². The Hall–Kier alpha value is -2.53. The van der Waals surface area contributed by atoms with Gasteiger partial charge in [-0.2, -0.15) is 0 Å². The second kappa shape index (κ2) is 9.52. The Morgan fingerprint density at radius 1 is 0.900 bits per heavy atom. The summed E-state index contributed by atoms with van der Waals surface area (Å²) < 4.78 is 6.02. The van der Waals surface area contributed by atoms with Crippen molar-refractivity contribution in [2.24, 2.45) is 5.92 Å². The van der Waals surface area contributed by atoms with Crippen molar-refractivity contribution in [2.45, 2.75) is 25.7 Å². The maximum Gasteiger partial charge on any atom is 0.253 e. The summed E-state index contributed by atoms with van der Waals surface area (Å²) in [5, 5.41) is 0.570. The third kappa shape index (κ3) is 4.96. The van der Waals surface area contributed by atoms with Crippen LogP contribution in [0.2, 0.25) is 5.02 Å². The molecular weight excluding hydrogens is 400 g/mol. The molecule has 0 saturated carbocycles. The summed E-state index contributed by atoms with van der Waals surface area (Å²) in [6, 6.07) is 14.5. The Bertz CT molecular complexity index is 911. The second-order valence-electron chi connectivity index (χ2n) is 8.11. The number of benzene rings is 2. The number of hydrogen-bond acceptors (Lipinski definition) is 3. The van der Waals surface area contributed by atoms with Gasteiger partial charge in [0.15, 0.2) is 0 Å². The normalized spacial score (nSPS) is 19.0. The van der Waals surface area contributed by atoms with Gasteiger partial charge in [-0.05, 0) is 62.1 Å². The number of hydrogen-bond donors (Lipinski definition) is 0. The first kappa shape index (κ1) is 20.7. The molecule has 2 heterocycles. The van der Waals surface area contributed by atoms with Crippen LogP contribution in [-0.4, -0.2) is 54.4 Å². The first-order valence-corrected chi connectivity index (χ1v) is 11.0. The molecule has 0 aromatic heterocycles. The first-order valence-electron chi connectivity index (χ1n) is 10.7. The second-order valence-corrected chi connectivity index (χ2v) is 8.54. The summed E-state index contributed by atoms with van der Waals surface area (Å²) in [5.74, 6) is 1.06. The SMILES string of the molecule is O=C(c1cccc(OC[C@@H]2CCCN(C(=O)c3cccc(Cl)c3)C2)c1)N1CCCC1. The summed E-state index contributed by atoms with van der Waals surface area (Å²) in [4.78, 5) is 29.2. The average Bonchev–Trinajstić information content (AvgIpc) is 3.32. The maximum absolute atomic E-state index is 12.8. The molecule has 0 spiro atoms. The summed E-state index contributed by atoms with van der Waals surface area (Å²) >= 11 is 6.03. The van der Waals surface area contributed by atoms with Gasteiger partial charge in [0.2, 0.25) is 0 Å². The average molecular weight is 427 g/mol. The van der Waals surface area contributed by atoms with Gasteiger partial charge in [0.25, 0.3) is 11.8 Å². The molecule has 2 aliphatic rings. The van der Waals surface area contributed by atoms with Crippen LogP contribution in [0.4, 0.5) is 0 Å². The highest BCUT2D eigenvalue weighted by atomic mass is 35.5. The molecule has 0 unspecified atom stereocenters. The van der Waals surface area contributed by atoms with Crippen LogP contribution in [0.25, 0.3) is 0 Å². The van der Waals surface area contributed by atoms with Gasteiger partial charge < -0.3 is 14.5 Å². The molecule has 6 heteroatoms. The number of amides is 2. The minimum atomic E-state index is 0.0143. The minimum absolute atomic E-state index is 0.0143. The molecule has 4 rings (SSSR count). The predicted octanol–water partition coefficient (Wildman–Crippen LogP) is 4.51. The fraction of sp³-hybridized carbons (Fsp3) is 0.417. The number of rotatable bonds is 5. The van der Waals surface area contributed by atoms with Gasteiger partial charge in [0, 0.05) is 48.2 Å². The zero-order valence-corrected chi connectivity index (χ0v) is 17.8. The molecule has 30 heavy (non-hydrogen) atoms. The fourth-order valence-electron chi connectivity index (χ4n) is 4.23. The van der Waals surface area contributed by atoms with Crippen LogP contribution in [0, 0.1) is 5.92 Å². The van der Waals surface area contributed by atoms with Crippen LogP contribution < -0.4 is 4.74 Å². The van der Waals surface area contributed by atoms with Gasteiger partial charge in [-0.1, -0.05) is 23.7 Å². The molecule has 2 fully saturated rings. The number of ether oxygens (including phenoxy) is 1. The van der Waals surface area contributed by atoms with E-state index in [0.717, 1.165) is 45.3 Å². The van der Waals surface area contributed by atoms with Gasteiger partial charge in [-0.15, -0.1) is 0 Å². The van der Waals surface area contributed by atoms with E-state index in [4.69, 9.17) is 16.3 Å². The van der Waals surface area contributed by atoms with E-state index in [9.17, 15) is 9.59 Å². The Labute approximate surface area is 182 Å². The van der Waals surface area contributed by atoms with E-state index < -0.39 is 0 Å². The van der Waals surface area contributed by atoms with Gasteiger partial charge in [-0.25, -0.2) is 0 Å². The zero-order chi connectivity index (χ0) is 20.9. The maximum atomic E-state index is 12.8. The lowest BCUT2D eigenvalue weighted by Gasteiger charge is -2.32. The first-order chi connectivity index (χ1) is 14.6. The minimum Gasteiger partial charge on any atom is -0.493 e. The van der Waals surface area contributed by atoms with Crippen LogP contribution >= 0.6 is 11.6 Å². The summed E-state index contributed by atoms with van der Waals surface area (Å²) in [5.41, 5.74) is 1.30. The van der Waals surface area contributed by atoms with Gasteiger partial charge >= 0.3 is 0 Å². The Morgan fingerprint density at radius 2 is 1.57 bits per heavy atom. The van der Waals surface area contributed by atoms with E-state index in [0.29, 0.717) is 35.1 Å². The largest absolute Gasteiger partial charge is 0.493 e. The van der Waals surface area contributed by atoms with Crippen molar-refractivity contribution >= 4 is 23.4 Å². The fourth-order valence-corrected chi connectivity index (χ4v) is 4.42. The monoisotopic (exact) mass is 426 g/mol. The van der Waals surface area contributed by atoms with Crippen molar-refractivity contribution in [3.05, 3.63) is 64.7 Å². The smallest absolute Gasteiger partial charge is 0.253 e. The lowest BCUT2D eigenvalue weighted by Crippen LogP contribution is -2.41. The van der Waals surface area contributed by atoms with Gasteiger partial charge in [0.05, 0.1) is 6.61 Å². The third-order valence-electron chi connectivity index (χ3n) is 5.84. The predicted molar refractivity (Wildman–Crippen MR) is 117 cm³/mol. The van der Waals surface area contributed by atoms with Gasteiger partial charge in [0.1, 0.15) is 5.75 Å². The molecular formula is C24H27ClN2O3. The lowest BCUT2D eigenvalue weighted by atomic mass is 9.98. The van der Waals surface area contributed by atoms with E-state index in [1.165, 1.54) is 0 Å².